The third-order valence-corrected chi connectivity index (χ3v) is 3.39. The number of benzene rings is 1. The predicted octanol–water partition coefficient (Wildman–Crippen LogP) is 1.94. The zero-order chi connectivity index (χ0) is 12.6. The van der Waals surface area contributed by atoms with E-state index in [9.17, 15) is 5.11 Å². The SMILES string of the molecule is CC(C)c1ccc2c(c1)=C(O)N(C(C)C)CC=2. The second kappa shape index (κ2) is 4.44. The maximum Gasteiger partial charge on any atom is 0.195 e. The summed E-state index contributed by atoms with van der Waals surface area (Å²) in [7, 11) is 0. The van der Waals surface area contributed by atoms with E-state index in [1.807, 2.05) is 4.90 Å². The van der Waals surface area contributed by atoms with Crippen LogP contribution in [-0.4, -0.2) is 22.6 Å². The average molecular weight is 231 g/mol. The van der Waals surface area contributed by atoms with Gasteiger partial charge in [0.05, 0.1) is 0 Å². The summed E-state index contributed by atoms with van der Waals surface area (Å²) in [4.78, 5) is 2.02. The van der Waals surface area contributed by atoms with Crippen molar-refractivity contribution in [1.82, 2.24) is 4.90 Å². The van der Waals surface area contributed by atoms with Crippen LogP contribution in [0.15, 0.2) is 18.2 Å². The largest absolute Gasteiger partial charge is 0.494 e. The van der Waals surface area contributed by atoms with Crippen molar-refractivity contribution in [1.29, 1.82) is 0 Å². The molecule has 0 atom stereocenters. The van der Waals surface area contributed by atoms with Crippen LogP contribution < -0.4 is 10.4 Å². The molecule has 0 saturated carbocycles. The fourth-order valence-electron chi connectivity index (χ4n) is 2.20. The summed E-state index contributed by atoms with van der Waals surface area (Å²) in [6.45, 7) is 9.33. The number of aliphatic hydroxyl groups excluding tert-OH is 1. The molecule has 1 N–H and O–H groups in total. The smallest absolute Gasteiger partial charge is 0.195 e. The lowest BCUT2D eigenvalue weighted by Gasteiger charge is -2.28. The van der Waals surface area contributed by atoms with E-state index >= 15 is 0 Å². The molecule has 0 bridgehead atoms. The van der Waals surface area contributed by atoms with E-state index in [4.69, 9.17) is 0 Å². The normalized spacial score (nSPS) is 15.2. The first kappa shape index (κ1) is 12.0. The van der Waals surface area contributed by atoms with Crippen LogP contribution in [0.4, 0.5) is 0 Å². The fraction of sp³-hybridized carbons (Fsp3) is 0.467. The first-order chi connectivity index (χ1) is 8.00. The van der Waals surface area contributed by atoms with Crippen LogP contribution in [0.2, 0.25) is 0 Å². The Labute approximate surface area is 103 Å². The van der Waals surface area contributed by atoms with Gasteiger partial charge in [-0.05, 0) is 36.6 Å². The van der Waals surface area contributed by atoms with E-state index in [0.717, 1.165) is 17.0 Å². The third-order valence-electron chi connectivity index (χ3n) is 3.39. The van der Waals surface area contributed by atoms with E-state index in [2.05, 4.69) is 52.0 Å². The molecule has 0 amide bonds. The first-order valence-electron chi connectivity index (χ1n) is 6.30. The molecule has 1 heterocycles. The minimum Gasteiger partial charge on any atom is -0.494 e. The molecule has 17 heavy (non-hydrogen) atoms. The summed E-state index contributed by atoms with van der Waals surface area (Å²) in [5.74, 6) is 0.905. The van der Waals surface area contributed by atoms with Crippen LogP contribution in [0.1, 0.15) is 39.2 Å². The number of nitrogens with zero attached hydrogens (tertiary/aromatic N) is 1. The highest BCUT2D eigenvalue weighted by atomic mass is 16.3. The highest BCUT2D eigenvalue weighted by Gasteiger charge is 2.15. The average Bonchev–Trinajstić information content (AvgIpc) is 2.28. The summed E-state index contributed by atoms with van der Waals surface area (Å²) < 4.78 is 0. The Morgan fingerprint density at radius 2 is 1.88 bits per heavy atom. The van der Waals surface area contributed by atoms with Crippen molar-refractivity contribution >= 4 is 12.0 Å². The first-order valence-corrected chi connectivity index (χ1v) is 6.30. The van der Waals surface area contributed by atoms with E-state index < -0.39 is 0 Å². The number of hydrogen-bond acceptors (Lipinski definition) is 2. The van der Waals surface area contributed by atoms with Gasteiger partial charge in [0, 0.05) is 17.8 Å². The monoisotopic (exact) mass is 231 g/mol. The number of fused-ring (bicyclic) bond motifs is 1. The lowest BCUT2D eigenvalue weighted by Crippen LogP contribution is -2.43. The Balaban J connectivity index is 2.62. The van der Waals surface area contributed by atoms with Gasteiger partial charge in [-0.2, -0.15) is 0 Å². The minimum absolute atomic E-state index is 0.321. The molecule has 92 valence electrons. The Hall–Kier alpha value is -1.44. The van der Waals surface area contributed by atoms with Crippen LogP contribution in [0, 0.1) is 0 Å². The summed E-state index contributed by atoms with van der Waals surface area (Å²) >= 11 is 0. The molecule has 1 aliphatic rings. The summed E-state index contributed by atoms with van der Waals surface area (Å²) in [5.41, 5.74) is 1.27. The molecule has 2 heteroatoms. The lowest BCUT2D eigenvalue weighted by molar-refractivity contribution is 0.263. The molecule has 2 rings (SSSR count). The molecular weight excluding hydrogens is 210 g/mol. The van der Waals surface area contributed by atoms with Gasteiger partial charge in [0.25, 0.3) is 0 Å². The zero-order valence-electron chi connectivity index (χ0n) is 11.1. The molecule has 0 saturated heterocycles. The van der Waals surface area contributed by atoms with E-state index in [-0.39, 0.29) is 0 Å². The molecule has 0 aromatic heterocycles. The molecule has 1 aromatic rings. The van der Waals surface area contributed by atoms with Gasteiger partial charge in [0.15, 0.2) is 5.88 Å². The van der Waals surface area contributed by atoms with Crippen LogP contribution in [0.5, 0.6) is 0 Å². The topological polar surface area (TPSA) is 23.5 Å². The number of rotatable bonds is 2. The standard InChI is InChI=1S/C15H21NO/c1-10(2)13-6-5-12-7-8-16(11(3)4)15(17)14(12)9-13/h5-7,9-11,17H,8H2,1-4H3. The van der Waals surface area contributed by atoms with Gasteiger partial charge in [-0.15, -0.1) is 0 Å². The molecule has 2 nitrogen and oxygen atoms in total. The Morgan fingerprint density at radius 1 is 1.18 bits per heavy atom. The van der Waals surface area contributed by atoms with Crippen molar-refractivity contribution in [2.24, 2.45) is 0 Å². The van der Waals surface area contributed by atoms with Gasteiger partial charge >= 0.3 is 0 Å². The van der Waals surface area contributed by atoms with Gasteiger partial charge in [-0.3, -0.25) is 0 Å². The molecule has 0 unspecified atom stereocenters. The zero-order valence-corrected chi connectivity index (χ0v) is 11.1. The minimum atomic E-state index is 0.321. The molecule has 0 spiro atoms. The van der Waals surface area contributed by atoms with Gasteiger partial charge in [0.1, 0.15) is 0 Å². The van der Waals surface area contributed by atoms with Crippen LogP contribution in [0.3, 0.4) is 0 Å². The predicted molar refractivity (Wildman–Crippen MR) is 72.1 cm³/mol. The summed E-state index contributed by atoms with van der Waals surface area (Å²) in [5, 5.41) is 12.4. The van der Waals surface area contributed by atoms with Gasteiger partial charge < -0.3 is 10.0 Å². The second-order valence-corrected chi connectivity index (χ2v) is 5.28. The van der Waals surface area contributed by atoms with Crippen LogP contribution in [-0.2, 0) is 0 Å². The highest BCUT2D eigenvalue weighted by molar-refractivity contribution is 5.45. The van der Waals surface area contributed by atoms with Crippen LogP contribution >= 0.6 is 0 Å². The molecule has 1 aliphatic heterocycles. The molecule has 1 aromatic carbocycles. The van der Waals surface area contributed by atoms with Gasteiger partial charge in [-0.1, -0.05) is 32.1 Å². The Bertz CT molecular complexity index is 528. The number of hydrogen-bond donors (Lipinski definition) is 1. The second-order valence-electron chi connectivity index (χ2n) is 5.28. The highest BCUT2D eigenvalue weighted by Crippen LogP contribution is 2.12. The maximum atomic E-state index is 10.3. The fourth-order valence-corrected chi connectivity index (χ4v) is 2.20. The van der Waals surface area contributed by atoms with Crippen molar-refractivity contribution in [2.75, 3.05) is 6.54 Å². The van der Waals surface area contributed by atoms with E-state index in [0.29, 0.717) is 17.8 Å². The van der Waals surface area contributed by atoms with E-state index in [1.54, 1.807) is 0 Å². The van der Waals surface area contributed by atoms with Crippen molar-refractivity contribution in [3.05, 3.63) is 34.2 Å². The van der Waals surface area contributed by atoms with E-state index in [1.165, 1.54) is 5.56 Å². The third kappa shape index (κ3) is 2.17. The Morgan fingerprint density at radius 3 is 2.47 bits per heavy atom. The van der Waals surface area contributed by atoms with Crippen molar-refractivity contribution in [3.63, 3.8) is 0 Å². The Kier molecular flexibility index (Phi) is 3.14. The van der Waals surface area contributed by atoms with Crippen molar-refractivity contribution < 1.29 is 5.11 Å². The van der Waals surface area contributed by atoms with Gasteiger partial charge in [-0.25, -0.2) is 0 Å². The maximum absolute atomic E-state index is 10.3. The molecule has 0 fully saturated rings. The van der Waals surface area contributed by atoms with Crippen LogP contribution in [0.25, 0.3) is 12.0 Å². The summed E-state index contributed by atoms with van der Waals surface area (Å²) in [6, 6.07) is 6.69. The lowest BCUT2D eigenvalue weighted by atomic mass is 10.0. The van der Waals surface area contributed by atoms with Crippen molar-refractivity contribution in [2.45, 2.75) is 39.7 Å². The number of aliphatic hydroxyl groups is 1. The molecule has 0 radical (unpaired) electrons. The molecular formula is C15H21NO. The van der Waals surface area contributed by atoms with Gasteiger partial charge in [0.2, 0.25) is 0 Å². The quantitative estimate of drug-likeness (QED) is 0.841. The van der Waals surface area contributed by atoms with Crippen molar-refractivity contribution in [3.8, 4) is 0 Å². The molecule has 0 aliphatic carbocycles. The summed E-state index contributed by atoms with van der Waals surface area (Å²) in [6.07, 6.45) is 2.18.